The number of hydrogen-bond donors (Lipinski definition) is 2. The van der Waals surface area contributed by atoms with Crippen LogP contribution in [0.25, 0.3) is 0 Å². The van der Waals surface area contributed by atoms with Gasteiger partial charge in [0.15, 0.2) is 0 Å². The van der Waals surface area contributed by atoms with Crippen molar-refractivity contribution in [3.8, 4) is 0 Å². The van der Waals surface area contributed by atoms with Gasteiger partial charge in [0.25, 0.3) is 5.91 Å². The topological polar surface area (TPSA) is 77.1 Å². The summed E-state index contributed by atoms with van der Waals surface area (Å²) in [6.07, 6.45) is 0. The number of nitrogen functional groups attached to an aromatic ring is 1. The summed E-state index contributed by atoms with van der Waals surface area (Å²) in [7, 11) is 0. The molecule has 0 aliphatic rings. The molecule has 5 nitrogen and oxygen atoms in total. The molecule has 0 bridgehead atoms. The minimum absolute atomic E-state index is 0.0328. The van der Waals surface area contributed by atoms with Crippen LogP contribution in [0.2, 0.25) is 0 Å². The van der Waals surface area contributed by atoms with Crippen LogP contribution in [0.4, 0.5) is 0 Å². The third kappa shape index (κ3) is 2.63. The van der Waals surface area contributed by atoms with E-state index in [-0.39, 0.29) is 10.8 Å². The van der Waals surface area contributed by atoms with E-state index in [2.05, 4.69) is 5.43 Å². The molecule has 3 N–H and O–H groups in total. The Hall–Kier alpha value is -1.44. The van der Waals surface area contributed by atoms with Crippen molar-refractivity contribution in [2.75, 3.05) is 0 Å². The van der Waals surface area contributed by atoms with Gasteiger partial charge in [-0.2, -0.15) is 0 Å². The van der Waals surface area contributed by atoms with Gasteiger partial charge in [-0.05, 0) is 32.4 Å². The number of nitrogens with zero attached hydrogens (tertiary/aromatic N) is 1. The van der Waals surface area contributed by atoms with Gasteiger partial charge < -0.3 is 0 Å². The Bertz CT molecular complexity index is 682. The first-order chi connectivity index (χ1) is 8.93. The first-order valence-corrected chi connectivity index (χ1v) is 7.34. The number of carbonyl (C=O) groups excluding carboxylic acids is 1. The predicted octanol–water partition coefficient (Wildman–Crippen LogP) is 1.55. The summed E-state index contributed by atoms with van der Waals surface area (Å²) in [5, 5.41) is 0. The Morgan fingerprint density at radius 3 is 2.53 bits per heavy atom. The molecule has 7 heteroatoms. The van der Waals surface area contributed by atoms with Gasteiger partial charge in [0, 0.05) is 15.4 Å². The first kappa shape index (κ1) is 14.0. The largest absolute Gasteiger partial charge is 0.307 e. The summed E-state index contributed by atoms with van der Waals surface area (Å²) in [4.78, 5) is 26.0. The smallest absolute Gasteiger partial charge is 0.299 e. The Kier molecular flexibility index (Phi) is 3.88. The minimum Gasteiger partial charge on any atom is -0.299 e. The second-order valence-corrected chi connectivity index (χ2v) is 6.68. The van der Waals surface area contributed by atoms with Crippen LogP contribution in [0.5, 0.6) is 0 Å². The van der Waals surface area contributed by atoms with Gasteiger partial charge in [0.2, 0.25) is 0 Å². The van der Waals surface area contributed by atoms with Gasteiger partial charge in [0.05, 0.1) is 11.4 Å². The molecular weight excluding hydrogens is 282 g/mol. The normalized spacial score (nSPS) is 10.7. The van der Waals surface area contributed by atoms with E-state index in [1.165, 1.54) is 22.7 Å². The molecule has 0 unspecified atom stereocenters. The van der Waals surface area contributed by atoms with Gasteiger partial charge in [-0.25, -0.2) is 5.84 Å². The van der Waals surface area contributed by atoms with Crippen LogP contribution in [0, 0.1) is 20.8 Å². The maximum Gasteiger partial charge on any atom is 0.307 e. The van der Waals surface area contributed by atoms with E-state index in [0.717, 1.165) is 21.0 Å². The van der Waals surface area contributed by atoms with Crippen LogP contribution in [0.15, 0.2) is 10.9 Å². The second kappa shape index (κ2) is 5.28. The van der Waals surface area contributed by atoms with Crippen molar-refractivity contribution >= 4 is 28.6 Å². The Morgan fingerprint density at radius 1 is 1.32 bits per heavy atom. The van der Waals surface area contributed by atoms with Crippen molar-refractivity contribution in [3.05, 3.63) is 41.6 Å². The third-order valence-electron chi connectivity index (χ3n) is 3.08. The van der Waals surface area contributed by atoms with Crippen molar-refractivity contribution < 1.29 is 4.79 Å². The molecule has 102 valence electrons. The average molecular weight is 297 g/mol. The van der Waals surface area contributed by atoms with E-state index >= 15 is 0 Å². The van der Waals surface area contributed by atoms with Crippen molar-refractivity contribution in [1.29, 1.82) is 0 Å². The van der Waals surface area contributed by atoms with Gasteiger partial charge >= 0.3 is 4.87 Å². The number of aryl methyl sites for hydroxylation is 2. The SMILES string of the molecule is Cc1sc(C(=O)NN)cc1Cn1c(C)c(C)sc1=O. The fourth-order valence-electron chi connectivity index (χ4n) is 1.80. The molecule has 0 fully saturated rings. The molecule has 2 aromatic rings. The molecule has 0 aromatic carbocycles. The van der Waals surface area contributed by atoms with Crippen molar-refractivity contribution in [2.45, 2.75) is 27.3 Å². The zero-order valence-electron chi connectivity index (χ0n) is 10.9. The molecule has 0 radical (unpaired) electrons. The lowest BCUT2D eigenvalue weighted by Gasteiger charge is -2.04. The summed E-state index contributed by atoms with van der Waals surface area (Å²) < 4.78 is 1.74. The average Bonchev–Trinajstić information content (AvgIpc) is 2.85. The van der Waals surface area contributed by atoms with Crippen molar-refractivity contribution in [2.24, 2.45) is 5.84 Å². The number of hydrazine groups is 1. The molecule has 2 rings (SSSR count). The first-order valence-electron chi connectivity index (χ1n) is 5.71. The van der Waals surface area contributed by atoms with Gasteiger partial charge in [-0.3, -0.25) is 19.6 Å². The molecule has 0 aliphatic heterocycles. The molecule has 2 aromatic heterocycles. The molecule has 0 saturated carbocycles. The van der Waals surface area contributed by atoms with E-state index in [1.54, 1.807) is 10.6 Å². The molecule has 0 spiro atoms. The van der Waals surface area contributed by atoms with E-state index in [4.69, 9.17) is 5.84 Å². The summed E-state index contributed by atoms with van der Waals surface area (Å²) >= 11 is 2.63. The maximum absolute atomic E-state index is 11.9. The summed E-state index contributed by atoms with van der Waals surface area (Å²) in [5.74, 6) is 4.82. The number of hydrogen-bond acceptors (Lipinski definition) is 5. The van der Waals surface area contributed by atoms with Crippen LogP contribution in [0.1, 0.15) is 30.7 Å². The molecule has 0 atom stereocenters. The Labute approximate surface area is 118 Å². The molecular formula is C12H15N3O2S2. The van der Waals surface area contributed by atoms with Crippen molar-refractivity contribution in [1.82, 2.24) is 9.99 Å². The van der Waals surface area contributed by atoms with Crippen LogP contribution in [-0.4, -0.2) is 10.5 Å². The number of aromatic nitrogens is 1. The van der Waals surface area contributed by atoms with Gasteiger partial charge in [-0.1, -0.05) is 11.3 Å². The van der Waals surface area contributed by atoms with E-state index < -0.39 is 0 Å². The zero-order chi connectivity index (χ0) is 14.2. The second-order valence-electron chi connectivity index (χ2n) is 4.26. The number of thiazole rings is 1. The number of nitrogens with one attached hydrogen (secondary N) is 1. The quantitative estimate of drug-likeness (QED) is 0.512. The fourth-order valence-corrected chi connectivity index (χ4v) is 3.57. The molecule has 1 amide bonds. The Balaban J connectivity index is 2.36. The number of carbonyl (C=O) groups is 1. The lowest BCUT2D eigenvalue weighted by molar-refractivity contribution is 0.0957. The molecule has 2 heterocycles. The van der Waals surface area contributed by atoms with Crippen LogP contribution < -0.4 is 16.1 Å². The highest BCUT2D eigenvalue weighted by molar-refractivity contribution is 7.14. The van der Waals surface area contributed by atoms with E-state index in [9.17, 15) is 9.59 Å². The monoisotopic (exact) mass is 297 g/mol. The number of thiophene rings is 1. The summed E-state index contributed by atoms with van der Waals surface area (Å²) in [5.41, 5.74) is 4.07. The predicted molar refractivity (Wildman–Crippen MR) is 77.9 cm³/mol. The van der Waals surface area contributed by atoms with Crippen LogP contribution >= 0.6 is 22.7 Å². The fraction of sp³-hybridized carbons (Fsp3) is 0.333. The lowest BCUT2D eigenvalue weighted by Crippen LogP contribution is -2.29. The highest BCUT2D eigenvalue weighted by Gasteiger charge is 2.14. The lowest BCUT2D eigenvalue weighted by atomic mass is 10.2. The van der Waals surface area contributed by atoms with Crippen LogP contribution in [-0.2, 0) is 6.54 Å². The summed E-state index contributed by atoms with van der Waals surface area (Å²) in [6.45, 7) is 6.30. The number of nitrogens with two attached hydrogens (primary N) is 1. The van der Waals surface area contributed by atoms with Crippen molar-refractivity contribution in [3.63, 3.8) is 0 Å². The van der Waals surface area contributed by atoms with Crippen LogP contribution in [0.3, 0.4) is 0 Å². The Morgan fingerprint density at radius 2 is 2.00 bits per heavy atom. The highest BCUT2D eigenvalue weighted by atomic mass is 32.1. The van der Waals surface area contributed by atoms with E-state index in [0.29, 0.717) is 11.4 Å². The molecule has 0 aliphatic carbocycles. The summed E-state index contributed by atoms with van der Waals surface area (Å²) in [6, 6.07) is 1.79. The zero-order valence-corrected chi connectivity index (χ0v) is 12.6. The van der Waals surface area contributed by atoms with E-state index in [1.807, 2.05) is 20.8 Å². The van der Waals surface area contributed by atoms with Gasteiger partial charge in [-0.15, -0.1) is 11.3 Å². The number of amides is 1. The van der Waals surface area contributed by atoms with Gasteiger partial charge in [0.1, 0.15) is 0 Å². The number of rotatable bonds is 3. The standard InChI is InChI=1S/C12H15N3O2S2/c1-6-7(2)19-12(17)15(6)5-9-4-10(11(16)14-13)18-8(9)3/h4H,5,13H2,1-3H3,(H,14,16). The third-order valence-corrected chi connectivity index (χ3v) is 5.17. The molecule has 0 saturated heterocycles. The highest BCUT2D eigenvalue weighted by Crippen LogP contribution is 2.23. The molecule has 19 heavy (non-hydrogen) atoms. The minimum atomic E-state index is -0.301. The maximum atomic E-state index is 11.9.